The number of rotatable bonds is 6. The van der Waals surface area contributed by atoms with Crippen LogP contribution in [0.1, 0.15) is 18.1 Å². The van der Waals surface area contributed by atoms with Crippen LogP contribution in [-0.2, 0) is 17.9 Å². The molecule has 0 unspecified atom stereocenters. The van der Waals surface area contributed by atoms with Crippen LogP contribution in [0.15, 0.2) is 48.0 Å². The number of thiophene rings is 1. The van der Waals surface area contributed by atoms with Gasteiger partial charge >= 0.3 is 0 Å². The lowest BCUT2D eigenvalue weighted by molar-refractivity contribution is 0.133. The smallest absolute Gasteiger partial charge is 0.134 e. The molecule has 0 spiro atoms. The molecule has 1 N–H and O–H groups in total. The minimum Gasteiger partial charge on any atom is -0.377 e. The molecule has 0 radical (unpaired) electrons. The number of hydrogen-bond acceptors (Lipinski definition) is 4. The lowest BCUT2D eigenvalue weighted by Gasteiger charge is -2.11. The van der Waals surface area contributed by atoms with Gasteiger partial charge in [-0.2, -0.15) is 0 Å². The first-order chi connectivity index (χ1) is 10.4. The molecule has 1 aromatic carbocycles. The predicted molar refractivity (Wildman–Crippen MR) is 88.7 cm³/mol. The summed E-state index contributed by atoms with van der Waals surface area (Å²) in [7, 11) is 0. The Hall–Kier alpha value is -1.91. The van der Waals surface area contributed by atoms with Crippen LogP contribution in [0.3, 0.4) is 0 Å². The molecule has 0 saturated heterocycles. The van der Waals surface area contributed by atoms with Gasteiger partial charge in [-0.15, -0.1) is 11.3 Å². The number of anilines is 1. The molecule has 0 bridgehead atoms. The van der Waals surface area contributed by atoms with Crippen molar-refractivity contribution in [3.63, 3.8) is 0 Å². The van der Waals surface area contributed by atoms with Gasteiger partial charge in [-0.1, -0.05) is 24.3 Å². The maximum Gasteiger partial charge on any atom is 0.134 e. The summed E-state index contributed by atoms with van der Waals surface area (Å²) in [6.45, 7) is 4.16. The van der Waals surface area contributed by atoms with Crippen LogP contribution >= 0.6 is 11.3 Å². The highest BCUT2D eigenvalue weighted by Crippen LogP contribution is 2.26. The summed E-state index contributed by atoms with van der Waals surface area (Å²) in [5.74, 6) is 0.944. The van der Waals surface area contributed by atoms with Crippen LogP contribution in [0, 0.1) is 0 Å². The Kier molecular flexibility index (Phi) is 4.48. The molecule has 3 nitrogen and oxygen atoms in total. The second-order valence-electron chi connectivity index (χ2n) is 4.75. The van der Waals surface area contributed by atoms with E-state index in [0.717, 1.165) is 19.0 Å². The fourth-order valence-corrected chi connectivity index (χ4v) is 3.08. The molecule has 0 saturated carbocycles. The van der Waals surface area contributed by atoms with Crippen molar-refractivity contribution in [3.8, 4) is 0 Å². The molecule has 2 heterocycles. The van der Waals surface area contributed by atoms with E-state index in [2.05, 4.69) is 46.0 Å². The number of nitrogens with one attached hydrogen (secondary N) is 1. The SMILES string of the molecule is CCOCc1ccccc1CNc1nccc2sccc12. The van der Waals surface area contributed by atoms with Crippen molar-refractivity contribution < 1.29 is 4.74 Å². The molecule has 0 amide bonds. The van der Waals surface area contributed by atoms with Gasteiger partial charge in [0.2, 0.25) is 0 Å². The monoisotopic (exact) mass is 298 g/mol. The van der Waals surface area contributed by atoms with Gasteiger partial charge in [-0.3, -0.25) is 0 Å². The minimum absolute atomic E-state index is 0.657. The first-order valence-electron chi connectivity index (χ1n) is 7.09. The van der Waals surface area contributed by atoms with E-state index >= 15 is 0 Å². The van der Waals surface area contributed by atoms with E-state index in [4.69, 9.17) is 4.74 Å². The summed E-state index contributed by atoms with van der Waals surface area (Å²) in [5, 5.41) is 6.73. The largest absolute Gasteiger partial charge is 0.377 e. The van der Waals surface area contributed by atoms with Crippen molar-refractivity contribution in [2.45, 2.75) is 20.1 Å². The molecule has 0 aliphatic rings. The number of ether oxygens (including phenoxy) is 1. The molecular weight excluding hydrogens is 280 g/mol. The topological polar surface area (TPSA) is 34.1 Å². The molecule has 3 aromatic rings. The summed E-state index contributed by atoms with van der Waals surface area (Å²) in [5.41, 5.74) is 2.48. The molecule has 3 rings (SSSR count). The van der Waals surface area contributed by atoms with Crippen molar-refractivity contribution in [2.24, 2.45) is 0 Å². The van der Waals surface area contributed by atoms with Gasteiger partial charge in [0, 0.05) is 29.4 Å². The van der Waals surface area contributed by atoms with Gasteiger partial charge in [-0.25, -0.2) is 4.98 Å². The van der Waals surface area contributed by atoms with E-state index in [-0.39, 0.29) is 0 Å². The maximum absolute atomic E-state index is 5.53. The van der Waals surface area contributed by atoms with Crippen molar-refractivity contribution >= 4 is 27.2 Å². The Morgan fingerprint density at radius 2 is 2.00 bits per heavy atom. The molecule has 2 aromatic heterocycles. The van der Waals surface area contributed by atoms with Gasteiger partial charge < -0.3 is 10.1 Å². The molecule has 108 valence electrons. The van der Waals surface area contributed by atoms with Crippen molar-refractivity contribution in [3.05, 3.63) is 59.1 Å². The van der Waals surface area contributed by atoms with Gasteiger partial charge in [0.1, 0.15) is 5.82 Å². The first-order valence-corrected chi connectivity index (χ1v) is 7.97. The van der Waals surface area contributed by atoms with E-state index in [1.54, 1.807) is 11.3 Å². The quantitative estimate of drug-likeness (QED) is 0.730. The van der Waals surface area contributed by atoms with Crippen LogP contribution < -0.4 is 5.32 Å². The Morgan fingerprint density at radius 1 is 1.14 bits per heavy atom. The third-order valence-electron chi connectivity index (χ3n) is 3.41. The summed E-state index contributed by atoms with van der Waals surface area (Å²) in [6.07, 6.45) is 1.85. The number of fused-ring (bicyclic) bond motifs is 1. The second-order valence-corrected chi connectivity index (χ2v) is 5.70. The summed E-state index contributed by atoms with van der Waals surface area (Å²) < 4.78 is 6.79. The summed E-state index contributed by atoms with van der Waals surface area (Å²) in [4.78, 5) is 4.45. The van der Waals surface area contributed by atoms with Gasteiger partial charge in [-0.05, 0) is 35.6 Å². The van der Waals surface area contributed by atoms with Crippen LogP contribution in [0.4, 0.5) is 5.82 Å². The standard InChI is InChI=1S/C17H18N2OS/c1-2-20-12-14-6-4-3-5-13(14)11-19-17-15-8-10-21-16(15)7-9-18-17/h3-10H,2,11-12H2,1H3,(H,18,19). The zero-order valence-corrected chi connectivity index (χ0v) is 12.8. The average molecular weight is 298 g/mol. The number of nitrogens with zero attached hydrogens (tertiary/aromatic N) is 1. The summed E-state index contributed by atoms with van der Waals surface area (Å²) in [6, 6.07) is 12.5. The van der Waals surface area contributed by atoms with E-state index in [9.17, 15) is 0 Å². The highest BCUT2D eigenvalue weighted by atomic mass is 32.1. The van der Waals surface area contributed by atoms with Gasteiger partial charge in [0.25, 0.3) is 0 Å². The Morgan fingerprint density at radius 3 is 2.86 bits per heavy atom. The van der Waals surface area contributed by atoms with E-state index < -0.39 is 0 Å². The zero-order chi connectivity index (χ0) is 14.5. The number of benzene rings is 1. The van der Waals surface area contributed by atoms with E-state index in [0.29, 0.717) is 6.61 Å². The predicted octanol–water partition coefficient (Wildman–Crippen LogP) is 4.44. The molecule has 0 fully saturated rings. The van der Waals surface area contributed by atoms with E-state index in [1.165, 1.54) is 21.2 Å². The molecular formula is C17H18N2OS. The highest BCUT2D eigenvalue weighted by molar-refractivity contribution is 7.17. The van der Waals surface area contributed by atoms with Gasteiger partial charge in [0.05, 0.1) is 6.61 Å². The third-order valence-corrected chi connectivity index (χ3v) is 4.29. The fourth-order valence-electron chi connectivity index (χ4n) is 2.30. The molecule has 0 aliphatic heterocycles. The third kappa shape index (κ3) is 3.23. The highest BCUT2D eigenvalue weighted by Gasteiger charge is 2.05. The molecule has 0 atom stereocenters. The Bertz CT molecular complexity index is 723. The lowest BCUT2D eigenvalue weighted by Crippen LogP contribution is -2.05. The van der Waals surface area contributed by atoms with Crippen LogP contribution in [0.5, 0.6) is 0 Å². The van der Waals surface area contributed by atoms with Crippen LogP contribution in [-0.4, -0.2) is 11.6 Å². The van der Waals surface area contributed by atoms with Crippen molar-refractivity contribution in [1.82, 2.24) is 4.98 Å². The number of hydrogen-bond donors (Lipinski definition) is 1. The average Bonchev–Trinajstić information content (AvgIpc) is 3.01. The Balaban J connectivity index is 1.77. The van der Waals surface area contributed by atoms with Crippen LogP contribution in [0.2, 0.25) is 0 Å². The van der Waals surface area contributed by atoms with Crippen molar-refractivity contribution in [2.75, 3.05) is 11.9 Å². The van der Waals surface area contributed by atoms with Crippen molar-refractivity contribution in [1.29, 1.82) is 0 Å². The molecule has 4 heteroatoms. The Labute approximate surface area is 128 Å². The van der Waals surface area contributed by atoms with E-state index in [1.807, 2.05) is 19.2 Å². The summed E-state index contributed by atoms with van der Waals surface area (Å²) >= 11 is 1.74. The first kappa shape index (κ1) is 14.0. The molecule has 0 aliphatic carbocycles. The minimum atomic E-state index is 0.657. The fraction of sp³-hybridized carbons (Fsp3) is 0.235. The van der Waals surface area contributed by atoms with Crippen LogP contribution in [0.25, 0.3) is 10.1 Å². The number of pyridine rings is 1. The maximum atomic E-state index is 5.53. The molecule has 21 heavy (non-hydrogen) atoms. The van der Waals surface area contributed by atoms with Gasteiger partial charge in [0.15, 0.2) is 0 Å². The number of aromatic nitrogens is 1. The second kappa shape index (κ2) is 6.70. The normalized spacial score (nSPS) is 10.9. The zero-order valence-electron chi connectivity index (χ0n) is 12.0. The lowest BCUT2D eigenvalue weighted by atomic mass is 10.1.